The summed E-state index contributed by atoms with van der Waals surface area (Å²) in [7, 11) is 0. The third kappa shape index (κ3) is 2.27. The zero-order valence-corrected chi connectivity index (χ0v) is 17.7. The van der Waals surface area contributed by atoms with Gasteiger partial charge in [0.1, 0.15) is 0 Å². The van der Waals surface area contributed by atoms with E-state index < -0.39 is 0 Å². The first-order valence-electron chi connectivity index (χ1n) is 11.0. The number of hydrogen-bond donors (Lipinski definition) is 1. The molecule has 1 aromatic rings. The van der Waals surface area contributed by atoms with Crippen LogP contribution in [0.4, 0.5) is 0 Å². The number of nitrogens with zero attached hydrogens (tertiary/aromatic N) is 1. The Morgan fingerprint density at radius 1 is 1.07 bits per heavy atom. The highest BCUT2D eigenvalue weighted by Gasteiger charge is 2.57. The van der Waals surface area contributed by atoms with Crippen molar-refractivity contribution in [2.24, 2.45) is 28.1 Å². The molecular weight excluding hydrogens is 342 g/mol. The molecule has 2 saturated carbocycles. The van der Waals surface area contributed by atoms with Gasteiger partial charge in [0.2, 0.25) is 0 Å². The second-order valence-corrected chi connectivity index (χ2v) is 10.6. The molecular formula is C26H33NO. The van der Waals surface area contributed by atoms with Gasteiger partial charge in [-0.3, -0.25) is 4.98 Å². The predicted octanol–water partition coefficient (Wildman–Crippen LogP) is 5.95. The fourth-order valence-electron chi connectivity index (χ4n) is 7.33. The molecule has 0 aliphatic heterocycles. The molecule has 0 aromatic carbocycles. The van der Waals surface area contributed by atoms with E-state index in [9.17, 15) is 5.11 Å². The predicted molar refractivity (Wildman–Crippen MR) is 114 cm³/mol. The van der Waals surface area contributed by atoms with Crippen molar-refractivity contribution < 1.29 is 5.11 Å². The van der Waals surface area contributed by atoms with Crippen molar-refractivity contribution >= 4 is 5.57 Å². The number of hydrogen-bond acceptors (Lipinski definition) is 2. The molecule has 0 spiro atoms. The summed E-state index contributed by atoms with van der Waals surface area (Å²) in [5.74, 6) is 1.32. The number of aliphatic hydroxyl groups excluding tert-OH is 1. The summed E-state index contributed by atoms with van der Waals surface area (Å²) in [6.45, 7) is 9.46. The quantitative estimate of drug-likeness (QED) is 0.615. The van der Waals surface area contributed by atoms with Crippen molar-refractivity contribution in [1.82, 2.24) is 4.98 Å². The van der Waals surface area contributed by atoms with Gasteiger partial charge in [0, 0.05) is 23.2 Å². The van der Waals surface area contributed by atoms with Gasteiger partial charge in [-0.2, -0.15) is 0 Å². The van der Waals surface area contributed by atoms with Crippen molar-refractivity contribution in [1.29, 1.82) is 0 Å². The van der Waals surface area contributed by atoms with Gasteiger partial charge in [-0.15, -0.1) is 0 Å². The summed E-state index contributed by atoms with van der Waals surface area (Å²) in [6.07, 6.45) is 16.7. The lowest BCUT2D eigenvalue weighted by molar-refractivity contribution is -0.0273. The molecule has 1 N–H and O–H groups in total. The highest BCUT2D eigenvalue weighted by atomic mass is 16.3. The first kappa shape index (κ1) is 18.4. The first-order chi connectivity index (χ1) is 13.3. The molecule has 4 aliphatic rings. The van der Waals surface area contributed by atoms with Gasteiger partial charge >= 0.3 is 0 Å². The van der Waals surface area contributed by atoms with Crippen molar-refractivity contribution in [3.63, 3.8) is 0 Å². The number of rotatable bonds is 1. The van der Waals surface area contributed by atoms with Gasteiger partial charge in [0.15, 0.2) is 0 Å². The topological polar surface area (TPSA) is 33.1 Å². The van der Waals surface area contributed by atoms with E-state index in [2.05, 4.69) is 63.0 Å². The normalized spacial score (nSPS) is 41.2. The molecule has 28 heavy (non-hydrogen) atoms. The van der Waals surface area contributed by atoms with Crippen molar-refractivity contribution in [2.45, 2.75) is 65.9 Å². The molecule has 0 bridgehead atoms. The number of allylic oxidation sites excluding steroid dienone is 5. The van der Waals surface area contributed by atoms with E-state index in [0.29, 0.717) is 11.8 Å². The van der Waals surface area contributed by atoms with Crippen molar-refractivity contribution in [3.05, 3.63) is 59.5 Å². The van der Waals surface area contributed by atoms with Crippen LogP contribution in [0.25, 0.3) is 5.57 Å². The minimum atomic E-state index is -0.207. The average molecular weight is 376 g/mol. The van der Waals surface area contributed by atoms with Crippen LogP contribution in [0.1, 0.15) is 65.4 Å². The maximum atomic E-state index is 10.7. The van der Waals surface area contributed by atoms with Gasteiger partial charge in [-0.25, -0.2) is 0 Å². The maximum absolute atomic E-state index is 10.7. The van der Waals surface area contributed by atoms with E-state index in [1.54, 1.807) is 5.57 Å². The first-order valence-corrected chi connectivity index (χ1v) is 11.0. The standard InChI is InChI=1S/C26H33NO/c1-24(2)22-10-7-18-20-9-8-19(17-6-5-15-27-16-17)25(20,3)13-11-21(18)26(22,4)14-12-23(24)28/h5-6,8-10,15-16,18,21,23,28H,7,11-14H2,1-4H3. The lowest BCUT2D eigenvalue weighted by atomic mass is 9.45. The van der Waals surface area contributed by atoms with Gasteiger partial charge in [0.25, 0.3) is 0 Å². The van der Waals surface area contributed by atoms with Gasteiger partial charge in [0.05, 0.1) is 6.10 Å². The Balaban J connectivity index is 1.52. The highest BCUT2D eigenvalue weighted by Crippen LogP contribution is 2.66. The van der Waals surface area contributed by atoms with Crippen LogP contribution in [0.5, 0.6) is 0 Å². The molecule has 5 rings (SSSR count). The summed E-state index contributed by atoms with van der Waals surface area (Å²) >= 11 is 0. The summed E-state index contributed by atoms with van der Waals surface area (Å²) < 4.78 is 0. The smallest absolute Gasteiger partial charge is 0.0628 e. The molecule has 148 valence electrons. The molecule has 2 nitrogen and oxygen atoms in total. The Kier molecular flexibility index (Phi) is 3.88. The Bertz CT molecular complexity index is 892. The minimum absolute atomic E-state index is 0.0953. The molecule has 2 heteroatoms. The zero-order valence-electron chi connectivity index (χ0n) is 17.7. The fourth-order valence-corrected chi connectivity index (χ4v) is 7.33. The number of aliphatic hydroxyl groups is 1. The van der Waals surface area contributed by atoms with E-state index in [1.165, 1.54) is 29.6 Å². The van der Waals surface area contributed by atoms with Gasteiger partial charge in [-0.05, 0) is 66.6 Å². The lowest BCUT2D eigenvalue weighted by Crippen LogP contribution is -2.52. The number of fused-ring (bicyclic) bond motifs is 5. The van der Waals surface area contributed by atoms with Crippen LogP contribution in [0, 0.1) is 28.1 Å². The van der Waals surface area contributed by atoms with E-state index in [0.717, 1.165) is 19.3 Å². The fraction of sp³-hybridized carbons (Fsp3) is 0.577. The van der Waals surface area contributed by atoms with E-state index in [4.69, 9.17) is 0 Å². The van der Waals surface area contributed by atoms with Crippen molar-refractivity contribution in [2.75, 3.05) is 0 Å². The van der Waals surface area contributed by atoms with Crippen LogP contribution in [0.15, 0.2) is 53.9 Å². The largest absolute Gasteiger partial charge is 0.392 e. The molecule has 4 aliphatic carbocycles. The van der Waals surface area contributed by atoms with Gasteiger partial charge < -0.3 is 5.11 Å². The molecule has 0 amide bonds. The second-order valence-electron chi connectivity index (χ2n) is 10.6. The minimum Gasteiger partial charge on any atom is -0.392 e. The monoisotopic (exact) mass is 375 g/mol. The summed E-state index contributed by atoms with van der Waals surface area (Å²) in [5.41, 5.74) is 6.18. The number of aromatic nitrogens is 1. The maximum Gasteiger partial charge on any atom is 0.0628 e. The highest BCUT2D eigenvalue weighted by molar-refractivity contribution is 5.78. The lowest BCUT2D eigenvalue weighted by Gasteiger charge is -2.59. The third-order valence-corrected chi connectivity index (χ3v) is 8.95. The van der Waals surface area contributed by atoms with E-state index in [-0.39, 0.29) is 22.3 Å². The van der Waals surface area contributed by atoms with Crippen LogP contribution >= 0.6 is 0 Å². The van der Waals surface area contributed by atoms with Crippen LogP contribution < -0.4 is 0 Å². The Hall–Kier alpha value is -1.67. The van der Waals surface area contributed by atoms with Crippen LogP contribution in [0.3, 0.4) is 0 Å². The van der Waals surface area contributed by atoms with E-state index >= 15 is 0 Å². The Morgan fingerprint density at radius 2 is 1.89 bits per heavy atom. The Labute approximate surface area is 169 Å². The average Bonchev–Trinajstić information content (AvgIpc) is 3.03. The van der Waals surface area contributed by atoms with Crippen LogP contribution in [0.2, 0.25) is 0 Å². The van der Waals surface area contributed by atoms with Gasteiger partial charge in [-0.1, -0.05) is 63.1 Å². The summed E-state index contributed by atoms with van der Waals surface area (Å²) in [5, 5.41) is 10.7. The number of pyridine rings is 1. The summed E-state index contributed by atoms with van der Waals surface area (Å²) in [6, 6.07) is 4.26. The van der Waals surface area contributed by atoms with E-state index in [1.807, 2.05) is 12.4 Å². The Morgan fingerprint density at radius 3 is 2.64 bits per heavy atom. The molecule has 2 fully saturated rings. The SMILES string of the molecule is CC12CCC3C(CC=C4C(C)(C)C(O)CCC43C)C1=CC=C2c1cccnc1. The second kappa shape index (κ2) is 5.92. The zero-order chi connectivity index (χ0) is 19.7. The summed E-state index contributed by atoms with van der Waals surface area (Å²) in [4.78, 5) is 4.37. The third-order valence-electron chi connectivity index (χ3n) is 8.95. The molecule has 0 saturated heterocycles. The molecule has 0 radical (unpaired) electrons. The molecule has 1 heterocycles. The van der Waals surface area contributed by atoms with Crippen LogP contribution in [-0.2, 0) is 0 Å². The molecule has 1 aromatic heterocycles. The molecule has 5 unspecified atom stereocenters. The molecule has 5 atom stereocenters. The van der Waals surface area contributed by atoms with Crippen molar-refractivity contribution in [3.8, 4) is 0 Å². The van der Waals surface area contributed by atoms with Crippen LogP contribution in [-0.4, -0.2) is 16.2 Å².